The van der Waals surface area contributed by atoms with Crippen molar-refractivity contribution < 1.29 is 23.8 Å². The largest absolute Gasteiger partial charge is 0.493 e. The minimum Gasteiger partial charge on any atom is -0.493 e. The Kier molecular flexibility index (Phi) is 8.83. The fourth-order valence-electron chi connectivity index (χ4n) is 5.14. The molecule has 0 saturated carbocycles. The SMILES string of the molecule is CCCOc1ccc([C@@H]2C(C(=O)O[C@H](C)CC)=C(C)NC3=C2C(=O)C[C@@H](c2ccc(Cl)cc2)C3)cc1OC. The van der Waals surface area contributed by atoms with Crippen molar-refractivity contribution in [1.29, 1.82) is 0 Å². The number of hydrogen-bond donors (Lipinski definition) is 1. The van der Waals surface area contributed by atoms with E-state index in [1.165, 1.54) is 0 Å². The lowest BCUT2D eigenvalue weighted by molar-refractivity contribution is -0.144. The number of allylic oxidation sites excluding steroid dienone is 3. The van der Waals surface area contributed by atoms with Crippen molar-refractivity contribution in [2.45, 2.75) is 71.3 Å². The van der Waals surface area contributed by atoms with Gasteiger partial charge >= 0.3 is 5.97 Å². The van der Waals surface area contributed by atoms with Crippen molar-refractivity contribution in [2.75, 3.05) is 13.7 Å². The molecule has 1 N–H and O–H groups in total. The molecule has 0 saturated heterocycles. The minimum absolute atomic E-state index is 0.00955. The average Bonchev–Trinajstić information content (AvgIpc) is 2.91. The van der Waals surface area contributed by atoms with Gasteiger partial charge in [-0.1, -0.05) is 43.6 Å². The van der Waals surface area contributed by atoms with E-state index >= 15 is 0 Å². The zero-order valence-corrected chi connectivity index (χ0v) is 23.5. The third-order valence-electron chi connectivity index (χ3n) is 7.25. The van der Waals surface area contributed by atoms with E-state index in [1.807, 2.05) is 70.2 Å². The van der Waals surface area contributed by atoms with Gasteiger partial charge in [0.15, 0.2) is 17.3 Å². The summed E-state index contributed by atoms with van der Waals surface area (Å²) in [6.45, 7) is 8.32. The zero-order valence-electron chi connectivity index (χ0n) is 22.7. The molecule has 3 atom stereocenters. The molecule has 0 amide bonds. The Bertz CT molecular complexity index is 1260. The molecule has 2 aliphatic rings. The Labute approximate surface area is 230 Å². The fraction of sp³-hybridized carbons (Fsp3) is 0.419. The highest BCUT2D eigenvalue weighted by Crippen LogP contribution is 2.47. The molecule has 4 rings (SSSR count). The van der Waals surface area contributed by atoms with Gasteiger partial charge in [0.2, 0.25) is 0 Å². The third kappa shape index (κ3) is 5.75. The first-order chi connectivity index (χ1) is 18.3. The number of rotatable bonds is 9. The van der Waals surface area contributed by atoms with Crippen molar-refractivity contribution in [1.82, 2.24) is 5.32 Å². The van der Waals surface area contributed by atoms with E-state index in [2.05, 4.69) is 5.32 Å². The number of benzene rings is 2. The van der Waals surface area contributed by atoms with Crippen LogP contribution in [0.15, 0.2) is 65.0 Å². The van der Waals surface area contributed by atoms with Crippen LogP contribution in [0.4, 0.5) is 0 Å². The molecule has 0 unspecified atom stereocenters. The molecule has 1 aliphatic carbocycles. The number of carbonyl (C=O) groups is 2. The molecule has 1 aliphatic heterocycles. The number of carbonyl (C=O) groups excluding carboxylic acids is 2. The van der Waals surface area contributed by atoms with E-state index in [-0.39, 0.29) is 17.8 Å². The molecule has 7 heteroatoms. The molecule has 0 spiro atoms. The molecule has 2 aromatic rings. The van der Waals surface area contributed by atoms with Gasteiger partial charge in [-0.25, -0.2) is 4.79 Å². The van der Waals surface area contributed by atoms with Gasteiger partial charge < -0.3 is 19.5 Å². The standard InChI is InChI=1S/C31H36ClNO5/c1-6-14-37-26-13-10-21(17-27(26)36-5)29-28(31(35)38-18(3)7-2)19(4)33-24-15-22(16-25(34)30(24)29)20-8-11-23(32)12-9-20/h8-13,17-18,22,29,33H,6-7,14-16H2,1-5H3/t18-,22+,29-/m1/s1. The van der Waals surface area contributed by atoms with Crippen LogP contribution >= 0.6 is 11.6 Å². The average molecular weight is 538 g/mol. The summed E-state index contributed by atoms with van der Waals surface area (Å²) in [7, 11) is 1.59. The number of hydrogen-bond acceptors (Lipinski definition) is 6. The summed E-state index contributed by atoms with van der Waals surface area (Å²) in [4.78, 5) is 27.3. The first kappa shape index (κ1) is 27.8. The lowest BCUT2D eigenvalue weighted by Crippen LogP contribution is -2.36. The number of ketones is 1. The van der Waals surface area contributed by atoms with Crippen molar-refractivity contribution in [3.05, 3.63) is 81.2 Å². The van der Waals surface area contributed by atoms with Crippen LogP contribution in [0.25, 0.3) is 0 Å². The van der Waals surface area contributed by atoms with E-state index in [4.69, 9.17) is 25.8 Å². The summed E-state index contributed by atoms with van der Waals surface area (Å²) in [6, 6.07) is 13.3. The Morgan fingerprint density at radius 3 is 2.45 bits per heavy atom. The van der Waals surface area contributed by atoms with Crippen LogP contribution in [0.1, 0.15) is 76.3 Å². The quantitative estimate of drug-likeness (QED) is 0.353. The van der Waals surface area contributed by atoms with Gasteiger partial charge in [-0.05, 0) is 74.4 Å². The molecule has 6 nitrogen and oxygen atoms in total. The van der Waals surface area contributed by atoms with Gasteiger partial charge in [-0.15, -0.1) is 0 Å². The van der Waals surface area contributed by atoms with Crippen molar-refractivity contribution in [2.24, 2.45) is 0 Å². The van der Waals surface area contributed by atoms with Crippen LogP contribution in [0.2, 0.25) is 5.02 Å². The van der Waals surface area contributed by atoms with E-state index in [1.54, 1.807) is 7.11 Å². The molecule has 0 aromatic heterocycles. The number of dihydropyridines is 1. The van der Waals surface area contributed by atoms with Crippen LogP contribution in [0.5, 0.6) is 11.5 Å². The van der Waals surface area contributed by atoms with Crippen LogP contribution in [0.3, 0.4) is 0 Å². The first-order valence-electron chi connectivity index (χ1n) is 13.3. The molecule has 202 valence electrons. The number of methoxy groups -OCH3 is 1. The lowest BCUT2D eigenvalue weighted by Gasteiger charge is -2.37. The van der Waals surface area contributed by atoms with Crippen LogP contribution in [-0.2, 0) is 14.3 Å². The minimum atomic E-state index is -0.574. The predicted molar refractivity (Wildman–Crippen MR) is 149 cm³/mol. The van der Waals surface area contributed by atoms with E-state index in [0.717, 1.165) is 23.2 Å². The molecular weight excluding hydrogens is 502 g/mol. The fourth-order valence-corrected chi connectivity index (χ4v) is 5.26. The second-order valence-electron chi connectivity index (χ2n) is 9.95. The van der Waals surface area contributed by atoms with Crippen LogP contribution < -0.4 is 14.8 Å². The molecule has 2 aromatic carbocycles. The van der Waals surface area contributed by atoms with Gasteiger partial charge in [0.25, 0.3) is 0 Å². The monoisotopic (exact) mass is 537 g/mol. The second kappa shape index (κ2) is 12.1. The summed E-state index contributed by atoms with van der Waals surface area (Å²) in [5.74, 6) is 0.229. The van der Waals surface area contributed by atoms with E-state index in [9.17, 15) is 9.59 Å². The smallest absolute Gasteiger partial charge is 0.337 e. The highest BCUT2D eigenvalue weighted by Gasteiger charge is 2.42. The van der Waals surface area contributed by atoms with E-state index < -0.39 is 11.9 Å². The summed E-state index contributed by atoms with van der Waals surface area (Å²) >= 11 is 6.09. The van der Waals surface area contributed by atoms with Gasteiger partial charge in [0.1, 0.15) is 0 Å². The van der Waals surface area contributed by atoms with Crippen LogP contribution in [-0.4, -0.2) is 31.6 Å². The highest BCUT2D eigenvalue weighted by molar-refractivity contribution is 6.30. The topological polar surface area (TPSA) is 73.9 Å². The van der Waals surface area contributed by atoms with Gasteiger partial charge in [0, 0.05) is 34.3 Å². The number of Topliss-reactive ketones (excluding diaryl/α,β-unsaturated/α-hetero) is 1. The van der Waals surface area contributed by atoms with E-state index in [0.29, 0.717) is 59.2 Å². The van der Waals surface area contributed by atoms with Gasteiger partial charge in [-0.2, -0.15) is 0 Å². The van der Waals surface area contributed by atoms with Crippen LogP contribution in [0, 0.1) is 0 Å². The Hall–Kier alpha value is -3.25. The first-order valence-corrected chi connectivity index (χ1v) is 13.7. The summed E-state index contributed by atoms with van der Waals surface area (Å²) < 4.78 is 17.3. The highest BCUT2D eigenvalue weighted by atomic mass is 35.5. The van der Waals surface area contributed by atoms with Crippen molar-refractivity contribution >= 4 is 23.4 Å². The molecule has 0 radical (unpaired) electrons. The molecule has 38 heavy (non-hydrogen) atoms. The summed E-state index contributed by atoms with van der Waals surface area (Å²) in [6.07, 6.45) is 2.32. The molecular formula is C31H36ClNO5. The maximum absolute atomic E-state index is 13.8. The maximum atomic E-state index is 13.8. The van der Waals surface area contributed by atoms with Gasteiger partial charge in [0.05, 0.1) is 25.4 Å². The Morgan fingerprint density at radius 2 is 1.79 bits per heavy atom. The van der Waals surface area contributed by atoms with Crippen molar-refractivity contribution in [3.63, 3.8) is 0 Å². The summed E-state index contributed by atoms with van der Waals surface area (Å²) in [5.41, 5.74) is 4.45. The van der Waals surface area contributed by atoms with Gasteiger partial charge in [-0.3, -0.25) is 4.79 Å². The van der Waals surface area contributed by atoms with Crippen molar-refractivity contribution in [3.8, 4) is 11.5 Å². The Morgan fingerprint density at radius 1 is 1.08 bits per heavy atom. The predicted octanol–water partition coefficient (Wildman–Crippen LogP) is 6.84. The Balaban J connectivity index is 1.79. The molecule has 0 bridgehead atoms. The third-order valence-corrected chi connectivity index (χ3v) is 7.51. The second-order valence-corrected chi connectivity index (χ2v) is 10.4. The number of esters is 1. The summed E-state index contributed by atoms with van der Waals surface area (Å²) in [5, 5.41) is 4.07. The normalized spacial score (nSPS) is 20.0. The maximum Gasteiger partial charge on any atom is 0.337 e. The number of ether oxygens (including phenoxy) is 3. The zero-order chi connectivity index (χ0) is 27.4. The number of nitrogens with one attached hydrogen (secondary N) is 1. The number of halogens is 1. The molecule has 0 fully saturated rings. The lowest BCUT2D eigenvalue weighted by atomic mass is 9.71. The molecule has 1 heterocycles.